The molecular weight excluding hydrogens is 250 g/mol. The van der Waals surface area contributed by atoms with Gasteiger partial charge in [0.25, 0.3) is 0 Å². The third-order valence-electron chi connectivity index (χ3n) is 2.28. The van der Waals surface area contributed by atoms with Gasteiger partial charge < -0.3 is 10.9 Å². The van der Waals surface area contributed by atoms with E-state index in [2.05, 4.69) is 15.2 Å². The second-order valence-electron chi connectivity index (χ2n) is 3.74. The van der Waals surface area contributed by atoms with E-state index in [9.17, 15) is 0 Å². The van der Waals surface area contributed by atoms with Crippen LogP contribution >= 0.6 is 11.8 Å². The third kappa shape index (κ3) is 2.62. The van der Waals surface area contributed by atoms with Crippen LogP contribution < -0.4 is 5.73 Å². The van der Waals surface area contributed by atoms with Gasteiger partial charge in [0.05, 0.1) is 16.7 Å². The van der Waals surface area contributed by atoms with Gasteiger partial charge in [-0.15, -0.1) is 0 Å². The summed E-state index contributed by atoms with van der Waals surface area (Å²) in [6.45, 7) is 1.89. The molecule has 0 radical (unpaired) electrons. The summed E-state index contributed by atoms with van der Waals surface area (Å²) in [5.74, 6) is 0.0499. The molecular formula is C11H13N5OS. The van der Waals surface area contributed by atoms with Gasteiger partial charge >= 0.3 is 0 Å². The molecule has 0 saturated carbocycles. The zero-order valence-corrected chi connectivity index (χ0v) is 10.8. The summed E-state index contributed by atoms with van der Waals surface area (Å²) in [6, 6.07) is 3.61. The molecule has 0 aliphatic heterocycles. The fourth-order valence-corrected chi connectivity index (χ4v) is 2.42. The normalized spacial score (nSPS) is 11.8. The third-order valence-corrected chi connectivity index (χ3v) is 3.23. The van der Waals surface area contributed by atoms with Crippen LogP contribution in [0.1, 0.15) is 11.3 Å². The van der Waals surface area contributed by atoms with E-state index in [4.69, 9.17) is 10.9 Å². The van der Waals surface area contributed by atoms with Crippen molar-refractivity contribution in [2.45, 2.75) is 16.8 Å². The first-order valence-electron chi connectivity index (χ1n) is 5.22. The molecule has 7 heteroatoms. The van der Waals surface area contributed by atoms with E-state index in [1.54, 1.807) is 16.9 Å². The SMILES string of the molecule is Cc1ccc(C(N)=NO)c(Sc2cnn(C)c2)n1. The van der Waals surface area contributed by atoms with Gasteiger partial charge in [-0.3, -0.25) is 4.68 Å². The Morgan fingerprint density at radius 2 is 2.28 bits per heavy atom. The molecule has 0 aromatic carbocycles. The molecule has 94 valence electrons. The number of nitrogens with zero attached hydrogens (tertiary/aromatic N) is 4. The second-order valence-corrected chi connectivity index (χ2v) is 4.80. The largest absolute Gasteiger partial charge is 0.409 e. The molecule has 0 bridgehead atoms. The van der Waals surface area contributed by atoms with E-state index in [0.717, 1.165) is 10.6 Å². The average molecular weight is 263 g/mol. The van der Waals surface area contributed by atoms with Crippen LogP contribution in [-0.2, 0) is 7.05 Å². The molecule has 2 aromatic heterocycles. The number of rotatable bonds is 3. The fraction of sp³-hybridized carbons (Fsp3) is 0.182. The summed E-state index contributed by atoms with van der Waals surface area (Å²) in [4.78, 5) is 5.35. The van der Waals surface area contributed by atoms with Crippen LogP contribution in [0.15, 0.2) is 39.6 Å². The number of amidine groups is 1. The van der Waals surface area contributed by atoms with Crippen LogP contribution in [0, 0.1) is 6.92 Å². The van der Waals surface area contributed by atoms with Gasteiger partial charge in [-0.25, -0.2) is 4.98 Å². The Morgan fingerprint density at radius 3 is 2.89 bits per heavy atom. The molecule has 0 aliphatic carbocycles. The van der Waals surface area contributed by atoms with Gasteiger partial charge in [-0.05, 0) is 19.1 Å². The Bertz CT molecular complexity index is 593. The Labute approximate surface area is 109 Å². The monoisotopic (exact) mass is 263 g/mol. The van der Waals surface area contributed by atoms with Crippen molar-refractivity contribution in [2.24, 2.45) is 17.9 Å². The zero-order chi connectivity index (χ0) is 13.1. The van der Waals surface area contributed by atoms with Gasteiger partial charge in [0.1, 0.15) is 5.03 Å². The number of hydrogen-bond donors (Lipinski definition) is 2. The lowest BCUT2D eigenvalue weighted by Crippen LogP contribution is -2.15. The number of aryl methyl sites for hydroxylation is 2. The van der Waals surface area contributed by atoms with Gasteiger partial charge in [-0.1, -0.05) is 16.9 Å². The molecule has 0 saturated heterocycles. The van der Waals surface area contributed by atoms with Gasteiger partial charge in [0.15, 0.2) is 5.84 Å². The smallest absolute Gasteiger partial charge is 0.172 e. The average Bonchev–Trinajstić information content (AvgIpc) is 2.74. The van der Waals surface area contributed by atoms with Gasteiger partial charge in [0.2, 0.25) is 0 Å². The molecule has 0 unspecified atom stereocenters. The van der Waals surface area contributed by atoms with Crippen molar-refractivity contribution < 1.29 is 5.21 Å². The minimum Gasteiger partial charge on any atom is -0.409 e. The fourth-order valence-electron chi connectivity index (χ4n) is 1.42. The topological polar surface area (TPSA) is 89.3 Å². The summed E-state index contributed by atoms with van der Waals surface area (Å²) in [6.07, 6.45) is 3.62. The lowest BCUT2D eigenvalue weighted by molar-refractivity contribution is 0.318. The van der Waals surface area contributed by atoms with Crippen LogP contribution in [-0.4, -0.2) is 25.8 Å². The Morgan fingerprint density at radius 1 is 1.50 bits per heavy atom. The van der Waals surface area contributed by atoms with Crippen LogP contribution in [0.3, 0.4) is 0 Å². The molecule has 6 nitrogen and oxygen atoms in total. The van der Waals surface area contributed by atoms with E-state index in [-0.39, 0.29) is 5.84 Å². The molecule has 0 spiro atoms. The highest BCUT2D eigenvalue weighted by Crippen LogP contribution is 2.28. The zero-order valence-electron chi connectivity index (χ0n) is 10.0. The Hall–Kier alpha value is -2.02. The van der Waals surface area contributed by atoms with Crippen molar-refractivity contribution in [3.05, 3.63) is 35.8 Å². The van der Waals surface area contributed by atoms with Crippen molar-refractivity contribution >= 4 is 17.6 Å². The minimum atomic E-state index is 0.0499. The van der Waals surface area contributed by atoms with E-state index in [1.807, 2.05) is 26.2 Å². The van der Waals surface area contributed by atoms with E-state index in [1.165, 1.54) is 11.8 Å². The molecule has 0 aliphatic rings. The van der Waals surface area contributed by atoms with Gasteiger partial charge in [0, 0.05) is 18.9 Å². The molecule has 2 aromatic rings. The maximum Gasteiger partial charge on any atom is 0.172 e. The molecule has 2 rings (SSSR count). The van der Waals surface area contributed by atoms with Crippen molar-refractivity contribution in [1.29, 1.82) is 0 Å². The Kier molecular flexibility index (Phi) is 3.52. The first-order valence-corrected chi connectivity index (χ1v) is 6.04. The number of aromatic nitrogens is 3. The number of hydrogen-bond acceptors (Lipinski definition) is 5. The maximum absolute atomic E-state index is 8.76. The molecule has 18 heavy (non-hydrogen) atoms. The minimum absolute atomic E-state index is 0.0499. The van der Waals surface area contributed by atoms with Crippen LogP contribution in [0.5, 0.6) is 0 Å². The number of pyridine rings is 1. The highest BCUT2D eigenvalue weighted by molar-refractivity contribution is 7.99. The first kappa shape index (κ1) is 12.4. The molecule has 2 heterocycles. The summed E-state index contributed by atoms with van der Waals surface area (Å²) in [7, 11) is 1.85. The predicted octanol–water partition coefficient (Wildman–Crippen LogP) is 1.37. The van der Waals surface area contributed by atoms with Crippen molar-refractivity contribution in [3.8, 4) is 0 Å². The number of nitrogens with two attached hydrogens (primary N) is 1. The second kappa shape index (κ2) is 5.09. The van der Waals surface area contributed by atoms with E-state index < -0.39 is 0 Å². The van der Waals surface area contributed by atoms with Crippen LogP contribution in [0.25, 0.3) is 0 Å². The highest BCUT2D eigenvalue weighted by atomic mass is 32.2. The Balaban J connectivity index is 2.39. The molecule has 0 amide bonds. The summed E-state index contributed by atoms with van der Waals surface area (Å²) in [5.41, 5.74) is 7.11. The highest BCUT2D eigenvalue weighted by Gasteiger charge is 2.11. The molecule has 3 N–H and O–H groups in total. The summed E-state index contributed by atoms with van der Waals surface area (Å²) >= 11 is 1.43. The van der Waals surface area contributed by atoms with Gasteiger partial charge in [-0.2, -0.15) is 5.10 Å². The van der Waals surface area contributed by atoms with Crippen molar-refractivity contribution in [1.82, 2.24) is 14.8 Å². The quantitative estimate of drug-likeness (QED) is 0.378. The lowest BCUT2D eigenvalue weighted by atomic mass is 10.2. The van der Waals surface area contributed by atoms with Crippen LogP contribution in [0.4, 0.5) is 0 Å². The van der Waals surface area contributed by atoms with E-state index in [0.29, 0.717) is 10.6 Å². The standard InChI is InChI=1S/C11H13N5OS/c1-7-3-4-9(10(12)15-17)11(14-7)18-8-5-13-16(2)6-8/h3-6,17H,1-2H3,(H2,12,15). The summed E-state index contributed by atoms with van der Waals surface area (Å²) < 4.78 is 1.71. The lowest BCUT2D eigenvalue weighted by Gasteiger charge is -2.06. The number of oxime groups is 1. The molecule has 0 atom stereocenters. The summed E-state index contributed by atoms with van der Waals surface area (Å²) in [5, 5.41) is 16.6. The maximum atomic E-state index is 8.76. The molecule has 0 fully saturated rings. The first-order chi connectivity index (χ1) is 8.60. The predicted molar refractivity (Wildman–Crippen MR) is 68.8 cm³/mol. The van der Waals surface area contributed by atoms with Crippen molar-refractivity contribution in [2.75, 3.05) is 0 Å². The van der Waals surface area contributed by atoms with E-state index >= 15 is 0 Å². The van der Waals surface area contributed by atoms with Crippen LogP contribution in [0.2, 0.25) is 0 Å². The van der Waals surface area contributed by atoms with Crippen molar-refractivity contribution in [3.63, 3.8) is 0 Å².